The molecule has 0 N–H and O–H groups in total. The summed E-state index contributed by atoms with van der Waals surface area (Å²) in [5.41, 5.74) is 2.08. The van der Waals surface area contributed by atoms with Crippen molar-refractivity contribution in [2.45, 2.75) is 65.5 Å². The second kappa shape index (κ2) is 14.3. The number of cyclic esters (lactones) is 2. The van der Waals surface area contributed by atoms with Crippen LogP contribution >= 0.6 is 0 Å². The van der Waals surface area contributed by atoms with Crippen molar-refractivity contribution >= 4 is 24.0 Å². The molecule has 224 valence electrons. The van der Waals surface area contributed by atoms with Gasteiger partial charge in [0.2, 0.25) is 11.8 Å². The van der Waals surface area contributed by atoms with Crippen LogP contribution < -0.4 is 0 Å². The molecule has 0 spiro atoms. The first kappa shape index (κ1) is 31.0. The lowest BCUT2D eigenvalue weighted by molar-refractivity contribution is -0.135. The highest BCUT2D eigenvalue weighted by Crippen LogP contribution is 2.28. The zero-order valence-electron chi connectivity index (χ0n) is 25.0. The van der Waals surface area contributed by atoms with Crippen LogP contribution in [-0.2, 0) is 31.9 Å². The Bertz CT molecular complexity index is 1160. The summed E-state index contributed by atoms with van der Waals surface area (Å²) in [6, 6.07) is 18.8. The van der Waals surface area contributed by atoms with Gasteiger partial charge in [-0.25, -0.2) is 19.4 Å². The second-order valence-corrected chi connectivity index (χ2v) is 11.9. The van der Waals surface area contributed by atoms with Crippen molar-refractivity contribution in [1.82, 2.24) is 9.80 Å². The van der Waals surface area contributed by atoms with Gasteiger partial charge in [-0.15, -0.1) is 0 Å². The maximum atomic E-state index is 13.6. The summed E-state index contributed by atoms with van der Waals surface area (Å²) >= 11 is 0. The highest BCUT2D eigenvalue weighted by molar-refractivity contribution is 5.95. The standard InChI is InChI=1S/C34H42N2O6/c1-23(2)29(31(37)35-27(21-41-33(35)39)19-25-13-7-5-8-14-25)17-11-12-18-30(24(3)4)32(38)36-28(22-42-34(36)40)20-26-15-9-6-10-16-26/h5-16,23-24,27-30H,17-22H2,1-4H3. The van der Waals surface area contributed by atoms with Gasteiger partial charge in [0.05, 0.1) is 12.1 Å². The summed E-state index contributed by atoms with van der Waals surface area (Å²) in [6.45, 7) is 8.24. The normalized spacial score (nSPS) is 20.3. The molecule has 2 saturated heterocycles. The van der Waals surface area contributed by atoms with E-state index in [1.807, 2.05) is 101 Å². The number of hydrogen-bond acceptors (Lipinski definition) is 6. The van der Waals surface area contributed by atoms with Crippen molar-refractivity contribution in [3.05, 3.63) is 83.9 Å². The number of nitrogens with zero attached hydrogens (tertiary/aromatic N) is 2. The van der Waals surface area contributed by atoms with Gasteiger partial charge in [-0.2, -0.15) is 0 Å². The molecule has 2 aromatic rings. The molecule has 4 atom stereocenters. The Morgan fingerprint density at radius 3 is 1.38 bits per heavy atom. The van der Waals surface area contributed by atoms with E-state index < -0.39 is 24.0 Å². The lowest BCUT2D eigenvalue weighted by Crippen LogP contribution is -2.45. The molecule has 0 bridgehead atoms. The molecule has 2 fully saturated rings. The Hall–Kier alpha value is -3.94. The Morgan fingerprint density at radius 2 is 1.05 bits per heavy atom. The van der Waals surface area contributed by atoms with Crippen LogP contribution in [0.25, 0.3) is 0 Å². The lowest BCUT2D eigenvalue weighted by atomic mass is 9.88. The summed E-state index contributed by atoms with van der Waals surface area (Å²) in [5, 5.41) is 0. The van der Waals surface area contributed by atoms with Gasteiger partial charge in [0, 0.05) is 11.8 Å². The van der Waals surface area contributed by atoms with E-state index in [1.165, 1.54) is 9.80 Å². The molecule has 0 aromatic heterocycles. The fraction of sp³-hybridized carbons (Fsp3) is 0.471. The quantitative estimate of drug-likeness (QED) is 0.287. The third kappa shape index (κ3) is 7.46. The second-order valence-electron chi connectivity index (χ2n) is 11.9. The average Bonchev–Trinajstić information content (AvgIpc) is 3.51. The smallest absolute Gasteiger partial charge is 0.416 e. The van der Waals surface area contributed by atoms with Gasteiger partial charge < -0.3 is 9.47 Å². The van der Waals surface area contributed by atoms with Gasteiger partial charge in [-0.3, -0.25) is 9.59 Å². The lowest BCUT2D eigenvalue weighted by Gasteiger charge is -2.27. The van der Waals surface area contributed by atoms with E-state index in [9.17, 15) is 19.2 Å². The van der Waals surface area contributed by atoms with Gasteiger partial charge >= 0.3 is 12.2 Å². The number of ether oxygens (including phenoxy) is 2. The van der Waals surface area contributed by atoms with Gasteiger partial charge in [-0.1, -0.05) is 101 Å². The van der Waals surface area contributed by atoms with Gasteiger partial charge in [0.1, 0.15) is 13.2 Å². The fourth-order valence-electron chi connectivity index (χ4n) is 5.69. The Balaban J connectivity index is 1.40. The minimum Gasteiger partial charge on any atom is -0.447 e. The number of carbonyl (C=O) groups excluding carboxylic acids is 4. The highest BCUT2D eigenvalue weighted by Gasteiger charge is 2.42. The van der Waals surface area contributed by atoms with E-state index in [1.54, 1.807) is 0 Å². The summed E-state index contributed by atoms with van der Waals surface area (Å²) in [6.07, 6.45) is 4.60. The molecule has 2 heterocycles. The maximum absolute atomic E-state index is 13.6. The van der Waals surface area contributed by atoms with Crippen molar-refractivity contribution in [3.8, 4) is 0 Å². The van der Waals surface area contributed by atoms with E-state index in [4.69, 9.17) is 9.47 Å². The van der Waals surface area contributed by atoms with Crippen LogP contribution in [0.3, 0.4) is 0 Å². The number of allylic oxidation sites excluding steroid dienone is 2. The van der Waals surface area contributed by atoms with E-state index in [0.717, 1.165) is 11.1 Å². The molecule has 0 aliphatic carbocycles. The number of rotatable bonds is 12. The number of benzene rings is 2. The maximum Gasteiger partial charge on any atom is 0.416 e. The first-order valence-electron chi connectivity index (χ1n) is 14.9. The molecule has 0 radical (unpaired) electrons. The third-order valence-corrected chi connectivity index (χ3v) is 8.22. The van der Waals surface area contributed by atoms with Crippen molar-refractivity contribution in [2.24, 2.45) is 23.7 Å². The fourth-order valence-corrected chi connectivity index (χ4v) is 5.69. The molecule has 4 rings (SSSR count). The molecule has 2 aliphatic heterocycles. The minimum absolute atomic E-state index is 0.00596. The Labute approximate surface area is 248 Å². The highest BCUT2D eigenvalue weighted by atomic mass is 16.6. The molecule has 2 aromatic carbocycles. The van der Waals surface area contributed by atoms with Crippen LogP contribution in [0.5, 0.6) is 0 Å². The number of imide groups is 2. The number of amides is 4. The van der Waals surface area contributed by atoms with Gasteiger partial charge in [0.25, 0.3) is 0 Å². The van der Waals surface area contributed by atoms with Crippen molar-refractivity contribution in [2.75, 3.05) is 13.2 Å². The van der Waals surface area contributed by atoms with E-state index in [2.05, 4.69) is 0 Å². The van der Waals surface area contributed by atoms with Crippen molar-refractivity contribution < 1.29 is 28.7 Å². The first-order chi connectivity index (χ1) is 20.2. The molecule has 4 unspecified atom stereocenters. The van der Waals surface area contributed by atoms with Crippen molar-refractivity contribution in [3.63, 3.8) is 0 Å². The van der Waals surface area contributed by atoms with Crippen LogP contribution in [0, 0.1) is 23.7 Å². The molecule has 0 saturated carbocycles. The molecular weight excluding hydrogens is 532 g/mol. The third-order valence-electron chi connectivity index (χ3n) is 8.22. The van der Waals surface area contributed by atoms with Crippen LogP contribution in [0.1, 0.15) is 51.7 Å². The zero-order chi connectivity index (χ0) is 30.2. The predicted molar refractivity (Wildman–Crippen MR) is 159 cm³/mol. The summed E-state index contributed by atoms with van der Waals surface area (Å²) in [4.78, 5) is 55.0. The van der Waals surface area contributed by atoms with Crippen LogP contribution in [0.4, 0.5) is 9.59 Å². The first-order valence-corrected chi connectivity index (χ1v) is 14.9. The monoisotopic (exact) mass is 574 g/mol. The van der Waals surface area contributed by atoms with Crippen LogP contribution in [-0.4, -0.2) is 59.1 Å². The largest absolute Gasteiger partial charge is 0.447 e. The minimum atomic E-state index is -0.594. The topological polar surface area (TPSA) is 93.2 Å². The number of hydrogen-bond donors (Lipinski definition) is 0. The predicted octanol–water partition coefficient (Wildman–Crippen LogP) is 6.05. The average molecular weight is 575 g/mol. The van der Waals surface area contributed by atoms with E-state index in [-0.39, 0.29) is 48.9 Å². The van der Waals surface area contributed by atoms with Crippen LogP contribution in [0.15, 0.2) is 72.8 Å². The molecular formula is C34H42N2O6. The number of carbonyl (C=O) groups is 4. The summed E-state index contributed by atoms with van der Waals surface area (Å²) in [7, 11) is 0. The summed E-state index contributed by atoms with van der Waals surface area (Å²) in [5.74, 6) is -1.32. The van der Waals surface area contributed by atoms with Gasteiger partial charge in [0.15, 0.2) is 0 Å². The van der Waals surface area contributed by atoms with E-state index >= 15 is 0 Å². The van der Waals surface area contributed by atoms with Gasteiger partial charge in [-0.05, 0) is 48.6 Å². The SMILES string of the molecule is CC(C)C(CC=CCC(C(=O)N1C(=O)OCC1Cc1ccccc1)C(C)C)C(=O)N1C(=O)OCC1Cc1ccccc1. The molecule has 4 amide bonds. The van der Waals surface area contributed by atoms with E-state index in [0.29, 0.717) is 25.7 Å². The Morgan fingerprint density at radius 1 is 0.690 bits per heavy atom. The molecule has 42 heavy (non-hydrogen) atoms. The van der Waals surface area contributed by atoms with Crippen LogP contribution in [0.2, 0.25) is 0 Å². The summed E-state index contributed by atoms with van der Waals surface area (Å²) < 4.78 is 10.6. The Kier molecular flexibility index (Phi) is 10.6. The molecule has 2 aliphatic rings. The molecule has 8 nitrogen and oxygen atoms in total. The van der Waals surface area contributed by atoms with Crippen molar-refractivity contribution in [1.29, 1.82) is 0 Å². The molecule has 8 heteroatoms. The zero-order valence-corrected chi connectivity index (χ0v) is 25.0.